The van der Waals surface area contributed by atoms with Gasteiger partial charge in [-0.15, -0.1) is 0 Å². The second-order valence-electron chi connectivity index (χ2n) is 2.28. The number of hydrogen-bond donors (Lipinski definition) is 0. The van der Waals surface area contributed by atoms with Gasteiger partial charge in [0.05, 0.1) is 0 Å². The third kappa shape index (κ3) is 2.84. The van der Waals surface area contributed by atoms with Gasteiger partial charge in [-0.05, 0) is 19.1 Å². The van der Waals surface area contributed by atoms with E-state index in [-0.39, 0.29) is 0 Å². The topological polar surface area (TPSA) is 12.9 Å². The van der Waals surface area contributed by atoms with E-state index < -0.39 is 0 Å². The Labute approximate surface area is 82.0 Å². The van der Waals surface area contributed by atoms with Crippen molar-refractivity contribution in [1.29, 1.82) is 0 Å². The number of allylic oxidation sites excluding steroid dienone is 2. The van der Waals surface area contributed by atoms with E-state index in [4.69, 9.17) is 23.2 Å². The second kappa shape index (κ2) is 4.48. The van der Waals surface area contributed by atoms with Gasteiger partial charge < -0.3 is 0 Å². The van der Waals surface area contributed by atoms with E-state index in [1.54, 1.807) is 12.1 Å². The molecular weight excluding hydrogens is 193 g/mol. The number of halogens is 2. The summed E-state index contributed by atoms with van der Waals surface area (Å²) in [7, 11) is 0. The maximum atomic E-state index is 5.77. The van der Waals surface area contributed by atoms with E-state index in [0.29, 0.717) is 16.6 Å². The van der Waals surface area contributed by atoms with E-state index in [1.807, 2.05) is 12.1 Å². The summed E-state index contributed by atoms with van der Waals surface area (Å²) in [6.45, 7) is 3.55. The van der Waals surface area contributed by atoms with E-state index in [0.717, 1.165) is 5.69 Å². The third-order valence-electron chi connectivity index (χ3n) is 1.34. The molecule has 1 heterocycles. The lowest BCUT2D eigenvalue weighted by molar-refractivity contribution is 1.10. The van der Waals surface area contributed by atoms with Gasteiger partial charge in [0.2, 0.25) is 0 Å². The number of hydrogen-bond acceptors (Lipinski definition) is 1. The summed E-state index contributed by atoms with van der Waals surface area (Å²) in [6, 6.07) is 5.45. The minimum Gasteiger partial charge on any atom is -0.241 e. The first-order valence-corrected chi connectivity index (χ1v) is 4.23. The number of pyridine rings is 1. The van der Waals surface area contributed by atoms with Crippen LogP contribution in [-0.4, -0.2) is 4.98 Å². The van der Waals surface area contributed by atoms with Crippen LogP contribution in [0, 0.1) is 6.92 Å². The number of nitrogens with zero attached hydrogens (tertiary/aromatic N) is 1. The van der Waals surface area contributed by atoms with Crippen molar-refractivity contribution < 1.29 is 0 Å². The Bertz CT molecular complexity index is 294. The highest BCUT2D eigenvalue weighted by Gasteiger charge is 1.97. The molecule has 0 fully saturated rings. The molecule has 1 nitrogen and oxygen atoms in total. The molecule has 0 aliphatic rings. The van der Waals surface area contributed by atoms with E-state index >= 15 is 0 Å². The summed E-state index contributed by atoms with van der Waals surface area (Å²) in [5.41, 5.74) is 0.854. The normalized spacial score (nSPS) is 11.8. The summed E-state index contributed by atoms with van der Waals surface area (Å²) in [5.74, 6) is 0. The van der Waals surface area contributed by atoms with Crippen molar-refractivity contribution in [2.75, 3.05) is 0 Å². The average molecular weight is 201 g/mol. The van der Waals surface area contributed by atoms with Crippen LogP contribution in [0.4, 0.5) is 0 Å². The monoisotopic (exact) mass is 200 g/mol. The van der Waals surface area contributed by atoms with Crippen LogP contribution >= 0.6 is 23.2 Å². The van der Waals surface area contributed by atoms with Gasteiger partial charge in [-0.3, -0.25) is 0 Å². The molecule has 12 heavy (non-hydrogen) atoms. The molecule has 0 N–H and O–H groups in total. The van der Waals surface area contributed by atoms with E-state index in [1.165, 1.54) is 0 Å². The number of rotatable bonds is 2. The Kier molecular flexibility index (Phi) is 3.57. The maximum absolute atomic E-state index is 5.77. The quantitative estimate of drug-likeness (QED) is 0.669. The molecule has 3 heteroatoms. The summed E-state index contributed by atoms with van der Waals surface area (Å²) in [4.78, 5) is 4.07. The lowest BCUT2D eigenvalue weighted by atomic mass is 10.2. The van der Waals surface area contributed by atoms with Crippen molar-refractivity contribution in [1.82, 2.24) is 4.98 Å². The fourth-order valence-corrected chi connectivity index (χ4v) is 1.11. The average Bonchev–Trinajstić information content (AvgIpc) is 2.04. The molecule has 1 aromatic heterocycles. The van der Waals surface area contributed by atoms with Crippen LogP contribution in [0.15, 0.2) is 29.3 Å². The molecule has 0 spiro atoms. The van der Waals surface area contributed by atoms with Gasteiger partial charge >= 0.3 is 0 Å². The third-order valence-corrected chi connectivity index (χ3v) is 1.84. The SMILES string of the molecule is [CH2]C=C(Cl)Cc1cccc(Cl)n1. The van der Waals surface area contributed by atoms with Crippen LogP contribution in [0.2, 0.25) is 5.15 Å². The molecule has 0 unspecified atom stereocenters. The Balaban J connectivity index is 2.76. The van der Waals surface area contributed by atoms with Crippen LogP contribution in [0.25, 0.3) is 0 Å². The Morgan fingerprint density at radius 3 is 2.92 bits per heavy atom. The maximum Gasteiger partial charge on any atom is 0.129 e. The van der Waals surface area contributed by atoms with Crippen molar-refractivity contribution in [3.63, 3.8) is 0 Å². The van der Waals surface area contributed by atoms with Gasteiger partial charge in [0.25, 0.3) is 0 Å². The first-order valence-electron chi connectivity index (χ1n) is 3.47. The van der Waals surface area contributed by atoms with Gasteiger partial charge in [-0.1, -0.05) is 35.3 Å². The van der Waals surface area contributed by atoms with Crippen LogP contribution < -0.4 is 0 Å². The Hall–Kier alpha value is -0.530. The summed E-state index contributed by atoms with van der Waals surface area (Å²) < 4.78 is 0. The Morgan fingerprint density at radius 1 is 1.58 bits per heavy atom. The molecule has 1 rings (SSSR count). The molecule has 0 atom stereocenters. The van der Waals surface area contributed by atoms with Gasteiger partial charge in [0.1, 0.15) is 5.15 Å². The summed E-state index contributed by atoms with van der Waals surface area (Å²) >= 11 is 11.4. The molecule has 0 saturated carbocycles. The molecule has 0 amide bonds. The van der Waals surface area contributed by atoms with Gasteiger partial charge in [-0.2, -0.15) is 0 Å². The zero-order chi connectivity index (χ0) is 8.97. The summed E-state index contributed by atoms with van der Waals surface area (Å²) in [5, 5.41) is 1.16. The molecular formula is C9H8Cl2N. The standard InChI is InChI=1S/C9H8Cl2N/c1-2-7(10)6-8-4-3-5-9(11)12-8/h2-5H,1,6H2. The lowest BCUT2D eigenvalue weighted by Gasteiger charge is -1.98. The first-order chi connectivity index (χ1) is 5.72. The molecule has 1 radical (unpaired) electrons. The minimum absolute atomic E-state index is 0.487. The molecule has 0 aromatic carbocycles. The van der Waals surface area contributed by atoms with Gasteiger partial charge in [0, 0.05) is 17.1 Å². The fourth-order valence-electron chi connectivity index (χ4n) is 0.794. The van der Waals surface area contributed by atoms with Crippen molar-refractivity contribution in [2.24, 2.45) is 0 Å². The summed E-state index contributed by atoms with van der Waals surface area (Å²) in [6.07, 6.45) is 2.19. The lowest BCUT2D eigenvalue weighted by Crippen LogP contribution is -1.89. The largest absolute Gasteiger partial charge is 0.241 e. The molecule has 1 aromatic rings. The van der Waals surface area contributed by atoms with Gasteiger partial charge in [-0.25, -0.2) is 4.98 Å². The molecule has 63 valence electrons. The van der Waals surface area contributed by atoms with E-state index in [2.05, 4.69) is 11.9 Å². The first kappa shape index (κ1) is 9.56. The predicted octanol–water partition coefficient (Wildman–Crippen LogP) is 3.23. The predicted molar refractivity (Wildman–Crippen MR) is 52.2 cm³/mol. The number of aromatic nitrogens is 1. The van der Waals surface area contributed by atoms with Gasteiger partial charge in [0.15, 0.2) is 0 Å². The molecule has 0 aliphatic carbocycles. The van der Waals surface area contributed by atoms with Crippen LogP contribution in [-0.2, 0) is 6.42 Å². The van der Waals surface area contributed by atoms with Crippen molar-refractivity contribution >= 4 is 23.2 Å². The van der Waals surface area contributed by atoms with Crippen LogP contribution in [0.5, 0.6) is 0 Å². The zero-order valence-corrected chi connectivity index (χ0v) is 7.94. The second-order valence-corrected chi connectivity index (χ2v) is 3.15. The Morgan fingerprint density at radius 2 is 2.33 bits per heavy atom. The smallest absolute Gasteiger partial charge is 0.129 e. The van der Waals surface area contributed by atoms with Crippen molar-refractivity contribution in [2.45, 2.75) is 6.42 Å². The highest BCUT2D eigenvalue weighted by Crippen LogP contribution is 2.11. The molecule has 0 aliphatic heterocycles. The zero-order valence-electron chi connectivity index (χ0n) is 6.43. The molecule has 0 bridgehead atoms. The van der Waals surface area contributed by atoms with Crippen molar-refractivity contribution in [3.05, 3.63) is 47.1 Å². The minimum atomic E-state index is 0.487. The van der Waals surface area contributed by atoms with E-state index in [9.17, 15) is 0 Å². The van der Waals surface area contributed by atoms with Crippen molar-refractivity contribution in [3.8, 4) is 0 Å². The molecule has 0 saturated heterocycles. The van der Waals surface area contributed by atoms with Crippen LogP contribution in [0.3, 0.4) is 0 Å². The fraction of sp³-hybridized carbons (Fsp3) is 0.111. The van der Waals surface area contributed by atoms with Crippen LogP contribution in [0.1, 0.15) is 5.69 Å². The highest BCUT2D eigenvalue weighted by molar-refractivity contribution is 6.30. The highest BCUT2D eigenvalue weighted by atomic mass is 35.5.